The van der Waals surface area contributed by atoms with E-state index in [9.17, 15) is 0 Å². The Morgan fingerprint density at radius 3 is 2.75 bits per heavy atom. The Labute approximate surface area is 146 Å². The predicted octanol–water partition coefficient (Wildman–Crippen LogP) is 6.55. The molecule has 2 aromatic rings. The minimum Gasteiger partial charge on any atom is -0.0990 e. The van der Waals surface area contributed by atoms with Gasteiger partial charge in [-0.3, -0.25) is 0 Å². The Morgan fingerprint density at radius 1 is 1.12 bits per heavy atom. The second kappa shape index (κ2) is 7.49. The first-order chi connectivity index (χ1) is 11.7. The molecule has 0 N–H and O–H groups in total. The molecule has 0 fully saturated rings. The van der Waals surface area contributed by atoms with Crippen molar-refractivity contribution in [2.45, 2.75) is 32.6 Å². The highest BCUT2D eigenvalue weighted by Crippen LogP contribution is 2.39. The van der Waals surface area contributed by atoms with Crippen molar-refractivity contribution in [2.75, 3.05) is 0 Å². The largest absolute Gasteiger partial charge is 0.0990 e. The molecule has 122 valence electrons. The molecular weight excluding hydrogens is 288 g/mol. The first-order valence-corrected chi connectivity index (χ1v) is 8.86. The van der Waals surface area contributed by atoms with Crippen LogP contribution in [0.25, 0.3) is 5.57 Å². The van der Waals surface area contributed by atoms with Gasteiger partial charge in [0.1, 0.15) is 0 Å². The summed E-state index contributed by atoms with van der Waals surface area (Å²) < 4.78 is 0. The van der Waals surface area contributed by atoms with Gasteiger partial charge in [0.25, 0.3) is 0 Å². The zero-order valence-electron chi connectivity index (χ0n) is 14.7. The van der Waals surface area contributed by atoms with Gasteiger partial charge in [-0.15, -0.1) is 0 Å². The van der Waals surface area contributed by atoms with E-state index in [1.165, 1.54) is 40.7 Å². The molecule has 1 aliphatic carbocycles. The quantitative estimate of drug-likeness (QED) is 0.562. The highest BCUT2D eigenvalue weighted by molar-refractivity contribution is 5.75. The molecule has 0 bridgehead atoms. The number of benzene rings is 2. The van der Waals surface area contributed by atoms with Crippen LogP contribution in [0.1, 0.15) is 48.4 Å². The van der Waals surface area contributed by atoms with Crippen LogP contribution in [0.15, 0.2) is 79.4 Å². The Morgan fingerprint density at radius 2 is 1.96 bits per heavy atom. The molecule has 24 heavy (non-hydrogen) atoms. The second-order valence-corrected chi connectivity index (χ2v) is 6.78. The maximum absolute atomic E-state index is 3.85. The van der Waals surface area contributed by atoms with Gasteiger partial charge in [-0.1, -0.05) is 86.3 Å². The summed E-state index contributed by atoms with van der Waals surface area (Å²) in [6.45, 7) is 8.28. The van der Waals surface area contributed by atoms with Crippen molar-refractivity contribution in [1.82, 2.24) is 0 Å². The van der Waals surface area contributed by atoms with Crippen molar-refractivity contribution in [1.29, 1.82) is 0 Å². The third-order valence-corrected chi connectivity index (χ3v) is 4.90. The van der Waals surface area contributed by atoms with Crippen LogP contribution in [0.3, 0.4) is 0 Å². The molecule has 0 nitrogen and oxygen atoms in total. The number of hydrogen-bond acceptors (Lipinski definition) is 0. The zero-order chi connectivity index (χ0) is 16.9. The first kappa shape index (κ1) is 16.5. The Bertz CT molecular complexity index is 776. The molecule has 0 saturated carbocycles. The summed E-state index contributed by atoms with van der Waals surface area (Å²) in [5.41, 5.74) is 6.92. The molecular formula is C24H26. The Balaban J connectivity index is 2.03. The highest BCUT2D eigenvalue weighted by Gasteiger charge is 2.25. The topological polar surface area (TPSA) is 0 Å². The van der Waals surface area contributed by atoms with Gasteiger partial charge >= 0.3 is 0 Å². The zero-order valence-corrected chi connectivity index (χ0v) is 14.7. The van der Waals surface area contributed by atoms with E-state index in [4.69, 9.17) is 0 Å². The maximum atomic E-state index is 3.85. The fraction of sp³-hybridized carbons (Fsp3) is 0.250. The normalized spacial score (nSPS) is 20.8. The molecule has 0 radical (unpaired) electrons. The van der Waals surface area contributed by atoms with E-state index >= 15 is 0 Å². The lowest BCUT2D eigenvalue weighted by Crippen LogP contribution is -2.17. The third kappa shape index (κ3) is 3.43. The van der Waals surface area contributed by atoms with Gasteiger partial charge in [-0.2, -0.15) is 0 Å². The number of rotatable bonds is 4. The van der Waals surface area contributed by atoms with Crippen LogP contribution in [0.2, 0.25) is 0 Å². The van der Waals surface area contributed by atoms with Crippen LogP contribution >= 0.6 is 0 Å². The van der Waals surface area contributed by atoms with Crippen molar-refractivity contribution in [2.24, 2.45) is 5.92 Å². The lowest BCUT2D eigenvalue weighted by atomic mass is 9.74. The van der Waals surface area contributed by atoms with Crippen molar-refractivity contribution in [3.63, 3.8) is 0 Å². The summed E-state index contributed by atoms with van der Waals surface area (Å²) in [6, 6.07) is 18.0. The molecule has 1 aliphatic rings. The molecule has 0 spiro atoms. The highest BCUT2D eigenvalue weighted by atomic mass is 14.3. The molecule has 2 aromatic carbocycles. The van der Waals surface area contributed by atoms with Gasteiger partial charge in [-0.25, -0.2) is 0 Å². The van der Waals surface area contributed by atoms with Crippen LogP contribution in [0.5, 0.6) is 0 Å². The van der Waals surface area contributed by atoms with E-state index in [1.807, 2.05) is 6.08 Å². The first-order valence-electron chi connectivity index (χ1n) is 8.86. The molecule has 2 atom stereocenters. The van der Waals surface area contributed by atoms with Gasteiger partial charge < -0.3 is 0 Å². The molecule has 0 amide bonds. The summed E-state index contributed by atoms with van der Waals surface area (Å²) in [5.74, 6) is 1.23. The van der Waals surface area contributed by atoms with E-state index in [-0.39, 0.29) is 0 Å². The SMILES string of the molecule is C=C/C=C(\C=C/C)c1cccc([C@H]2C[C@@H](C)Cc3ccccc32)c1. The minimum atomic E-state index is 0.500. The standard InChI is InChI=1S/C24H26/c1-4-9-19(10-5-2)20-12-8-13-22(17-20)24-16-18(3)15-21-11-6-7-14-23(21)24/h4-14,17-18,24H,1,15-16H2,2-3H3/b10-5-,19-9+/t18-,24+/m0/s1. The predicted molar refractivity (Wildman–Crippen MR) is 105 cm³/mol. The summed E-state index contributed by atoms with van der Waals surface area (Å²) in [7, 11) is 0. The van der Waals surface area contributed by atoms with Crippen LogP contribution in [0.4, 0.5) is 0 Å². The van der Waals surface area contributed by atoms with Gasteiger partial charge in [0, 0.05) is 5.92 Å². The number of hydrogen-bond donors (Lipinski definition) is 0. The van der Waals surface area contributed by atoms with E-state index in [1.54, 1.807) is 0 Å². The summed E-state index contributed by atoms with van der Waals surface area (Å²) in [5, 5.41) is 0. The summed E-state index contributed by atoms with van der Waals surface area (Å²) in [4.78, 5) is 0. The third-order valence-electron chi connectivity index (χ3n) is 4.90. The summed E-state index contributed by atoms with van der Waals surface area (Å²) in [6.07, 6.45) is 10.6. The van der Waals surface area contributed by atoms with Crippen LogP contribution in [0, 0.1) is 5.92 Å². The van der Waals surface area contributed by atoms with E-state index in [0.717, 1.165) is 5.92 Å². The number of allylic oxidation sites excluding steroid dienone is 5. The minimum absolute atomic E-state index is 0.500. The molecule has 0 aromatic heterocycles. The Hall–Kier alpha value is -2.34. The van der Waals surface area contributed by atoms with Crippen molar-refractivity contribution in [3.05, 3.63) is 102 Å². The van der Waals surface area contributed by atoms with Crippen LogP contribution in [-0.2, 0) is 6.42 Å². The number of fused-ring (bicyclic) bond motifs is 1. The Kier molecular flexibility index (Phi) is 5.15. The molecule has 0 saturated heterocycles. The van der Waals surface area contributed by atoms with Crippen molar-refractivity contribution in [3.8, 4) is 0 Å². The molecule has 3 rings (SSSR count). The fourth-order valence-electron chi connectivity index (χ4n) is 3.85. The lowest BCUT2D eigenvalue weighted by molar-refractivity contribution is 0.464. The smallest absolute Gasteiger partial charge is 0.00949 e. The fourth-order valence-corrected chi connectivity index (χ4v) is 3.85. The van der Waals surface area contributed by atoms with E-state index < -0.39 is 0 Å². The van der Waals surface area contributed by atoms with Gasteiger partial charge in [0.05, 0.1) is 0 Å². The maximum Gasteiger partial charge on any atom is 0.00949 e. The monoisotopic (exact) mass is 314 g/mol. The van der Waals surface area contributed by atoms with Gasteiger partial charge in [0.2, 0.25) is 0 Å². The van der Waals surface area contributed by atoms with Gasteiger partial charge in [0.15, 0.2) is 0 Å². The van der Waals surface area contributed by atoms with Gasteiger partial charge in [-0.05, 0) is 53.5 Å². The van der Waals surface area contributed by atoms with Crippen LogP contribution < -0.4 is 0 Å². The molecule has 0 aliphatic heterocycles. The summed E-state index contributed by atoms with van der Waals surface area (Å²) >= 11 is 0. The molecule has 0 heterocycles. The van der Waals surface area contributed by atoms with Crippen LogP contribution in [-0.4, -0.2) is 0 Å². The van der Waals surface area contributed by atoms with E-state index in [0.29, 0.717) is 5.92 Å². The van der Waals surface area contributed by atoms with Crippen molar-refractivity contribution >= 4 is 5.57 Å². The van der Waals surface area contributed by atoms with E-state index in [2.05, 4.69) is 87.2 Å². The molecule has 0 heteroatoms. The molecule has 0 unspecified atom stereocenters. The average molecular weight is 314 g/mol. The lowest BCUT2D eigenvalue weighted by Gasteiger charge is -2.30. The average Bonchev–Trinajstić information content (AvgIpc) is 2.61. The van der Waals surface area contributed by atoms with Crippen molar-refractivity contribution < 1.29 is 0 Å². The second-order valence-electron chi connectivity index (χ2n) is 6.78.